The lowest BCUT2D eigenvalue weighted by atomic mass is 10.1. The molecule has 7 heteroatoms. The smallest absolute Gasteiger partial charge is 0.310 e. The highest BCUT2D eigenvalue weighted by atomic mass is 19.1. The third kappa shape index (κ3) is 5.05. The number of esters is 1. The van der Waals surface area contributed by atoms with Crippen molar-refractivity contribution in [2.45, 2.75) is 6.42 Å². The Bertz CT molecular complexity index is 749. The number of carbonyl (C=O) groups excluding carboxylic acids is 2. The number of anilines is 1. The fourth-order valence-electron chi connectivity index (χ4n) is 1.93. The third-order valence-corrected chi connectivity index (χ3v) is 3.05. The summed E-state index contributed by atoms with van der Waals surface area (Å²) in [6.07, 6.45) is -0.0429. The van der Waals surface area contributed by atoms with Crippen molar-refractivity contribution in [3.05, 3.63) is 59.7 Å². The zero-order valence-corrected chi connectivity index (χ0v) is 12.8. The van der Waals surface area contributed by atoms with E-state index in [1.54, 1.807) is 24.3 Å². The number of nitrogens with one attached hydrogen (secondary N) is 1. The van der Waals surface area contributed by atoms with Gasteiger partial charge in [-0.05, 0) is 29.8 Å². The van der Waals surface area contributed by atoms with Crippen molar-refractivity contribution in [2.75, 3.05) is 19.0 Å². The molecule has 0 aliphatic carbocycles. The first-order valence-electron chi connectivity index (χ1n) is 7.01. The molecule has 0 aliphatic heterocycles. The summed E-state index contributed by atoms with van der Waals surface area (Å²) in [6, 6.07) is 9.50. The van der Waals surface area contributed by atoms with E-state index in [0.717, 1.165) is 18.2 Å². The number of carbonyl (C=O) groups is 2. The molecule has 0 saturated carbocycles. The van der Waals surface area contributed by atoms with E-state index >= 15 is 0 Å². The Morgan fingerprint density at radius 1 is 1.12 bits per heavy atom. The highest BCUT2D eigenvalue weighted by Crippen LogP contribution is 2.15. The molecule has 0 fully saturated rings. The van der Waals surface area contributed by atoms with E-state index < -0.39 is 30.1 Å². The quantitative estimate of drug-likeness (QED) is 0.825. The Balaban J connectivity index is 1.84. The highest BCUT2D eigenvalue weighted by molar-refractivity contribution is 5.93. The van der Waals surface area contributed by atoms with Crippen LogP contribution in [0.4, 0.5) is 14.5 Å². The van der Waals surface area contributed by atoms with Gasteiger partial charge in [0.1, 0.15) is 17.4 Å². The van der Waals surface area contributed by atoms with Crippen LogP contribution in [0.15, 0.2) is 42.5 Å². The average molecular weight is 335 g/mol. The van der Waals surface area contributed by atoms with Gasteiger partial charge in [-0.15, -0.1) is 0 Å². The molecule has 24 heavy (non-hydrogen) atoms. The van der Waals surface area contributed by atoms with E-state index in [9.17, 15) is 18.4 Å². The zero-order chi connectivity index (χ0) is 17.5. The van der Waals surface area contributed by atoms with Crippen molar-refractivity contribution in [3.8, 4) is 5.75 Å². The number of hydrogen-bond donors (Lipinski definition) is 1. The lowest BCUT2D eigenvalue weighted by molar-refractivity contribution is -0.146. The lowest BCUT2D eigenvalue weighted by Crippen LogP contribution is -2.22. The SMILES string of the molecule is COc1cccc(CC(=O)OCC(=O)Nc2cc(F)ccc2F)c1. The van der Waals surface area contributed by atoms with Gasteiger partial charge in [0.05, 0.1) is 19.2 Å². The summed E-state index contributed by atoms with van der Waals surface area (Å²) in [5.41, 5.74) is 0.347. The first kappa shape index (κ1) is 17.4. The van der Waals surface area contributed by atoms with Gasteiger partial charge in [-0.3, -0.25) is 9.59 Å². The standard InChI is InChI=1S/C17H15F2NO4/c1-23-13-4-2-3-11(7-13)8-17(22)24-10-16(21)20-15-9-12(18)5-6-14(15)19/h2-7,9H,8,10H2,1H3,(H,20,21). The lowest BCUT2D eigenvalue weighted by Gasteiger charge is -2.08. The second kappa shape index (κ2) is 8.05. The molecule has 2 rings (SSSR count). The van der Waals surface area contributed by atoms with Gasteiger partial charge >= 0.3 is 5.97 Å². The van der Waals surface area contributed by atoms with Crippen molar-refractivity contribution in [1.29, 1.82) is 0 Å². The number of methoxy groups -OCH3 is 1. The second-order valence-corrected chi connectivity index (χ2v) is 4.86. The summed E-state index contributed by atoms with van der Waals surface area (Å²) >= 11 is 0. The fourth-order valence-corrected chi connectivity index (χ4v) is 1.93. The Morgan fingerprint density at radius 2 is 1.92 bits per heavy atom. The van der Waals surface area contributed by atoms with Gasteiger partial charge in [0, 0.05) is 6.07 Å². The van der Waals surface area contributed by atoms with Gasteiger partial charge in [-0.2, -0.15) is 0 Å². The molecule has 0 bridgehead atoms. The molecule has 1 amide bonds. The Kier molecular flexibility index (Phi) is 5.83. The van der Waals surface area contributed by atoms with Gasteiger partial charge in [-0.1, -0.05) is 12.1 Å². The van der Waals surface area contributed by atoms with Crippen molar-refractivity contribution >= 4 is 17.6 Å². The number of amides is 1. The van der Waals surface area contributed by atoms with Crippen LogP contribution in [0.3, 0.4) is 0 Å². The van der Waals surface area contributed by atoms with Gasteiger partial charge < -0.3 is 14.8 Å². The van der Waals surface area contributed by atoms with Crippen molar-refractivity contribution in [2.24, 2.45) is 0 Å². The number of benzene rings is 2. The molecule has 1 N–H and O–H groups in total. The number of rotatable bonds is 6. The minimum Gasteiger partial charge on any atom is -0.497 e. The molecule has 0 saturated heterocycles. The maximum Gasteiger partial charge on any atom is 0.310 e. The normalized spacial score (nSPS) is 10.1. The molecule has 5 nitrogen and oxygen atoms in total. The summed E-state index contributed by atoms with van der Waals surface area (Å²) < 4.78 is 36.2. The van der Waals surface area contributed by atoms with Crippen LogP contribution in [0, 0.1) is 11.6 Å². The van der Waals surface area contributed by atoms with Crippen LogP contribution in [0.5, 0.6) is 5.75 Å². The number of ether oxygens (including phenoxy) is 2. The molecule has 2 aromatic carbocycles. The van der Waals surface area contributed by atoms with E-state index in [1.807, 2.05) is 0 Å². The topological polar surface area (TPSA) is 64.6 Å². The maximum atomic E-state index is 13.4. The predicted molar refractivity (Wildman–Crippen MR) is 82.6 cm³/mol. The second-order valence-electron chi connectivity index (χ2n) is 4.86. The van der Waals surface area contributed by atoms with Crippen molar-refractivity contribution in [3.63, 3.8) is 0 Å². The molecule has 2 aromatic rings. The van der Waals surface area contributed by atoms with E-state index in [1.165, 1.54) is 7.11 Å². The summed E-state index contributed by atoms with van der Waals surface area (Å²) in [7, 11) is 1.51. The summed E-state index contributed by atoms with van der Waals surface area (Å²) in [4.78, 5) is 23.3. The van der Waals surface area contributed by atoms with Crippen LogP contribution >= 0.6 is 0 Å². The molecule has 126 valence electrons. The predicted octanol–water partition coefficient (Wildman–Crippen LogP) is 2.70. The third-order valence-electron chi connectivity index (χ3n) is 3.05. The molecule has 0 unspecified atom stereocenters. The van der Waals surface area contributed by atoms with Gasteiger partial charge in [0.15, 0.2) is 6.61 Å². The van der Waals surface area contributed by atoms with Crippen LogP contribution in [-0.4, -0.2) is 25.6 Å². The van der Waals surface area contributed by atoms with Crippen LogP contribution in [0.1, 0.15) is 5.56 Å². The maximum absolute atomic E-state index is 13.4. The first-order valence-corrected chi connectivity index (χ1v) is 7.01. The van der Waals surface area contributed by atoms with Gasteiger partial charge in [0.2, 0.25) is 0 Å². The molecule has 0 spiro atoms. The number of halogens is 2. The Hall–Kier alpha value is -2.96. The summed E-state index contributed by atoms with van der Waals surface area (Å²) in [5.74, 6) is -2.27. The fraction of sp³-hybridized carbons (Fsp3) is 0.176. The van der Waals surface area contributed by atoms with Crippen molar-refractivity contribution < 1.29 is 27.8 Å². The molecular formula is C17H15F2NO4. The Morgan fingerprint density at radius 3 is 2.67 bits per heavy atom. The van der Waals surface area contributed by atoms with Crippen LogP contribution in [0.25, 0.3) is 0 Å². The molecule has 0 heterocycles. The van der Waals surface area contributed by atoms with E-state index in [2.05, 4.69) is 5.32 Å². The average Bonchev–Trinajstić information content (AvgIpc) is 2.56. The van der Waals surface area contributed by atoms with Crippen molar-refractivity contribution in [1.82, 2.24) is 0 Å². The van der Waals surface area contributed by atoms with Crippen LogP contribution in [-0.2, 0) is 20.7 Å². The Labute approximate surface area is 137 Å². The molecule has 0 radical (unpaired) electrons. The van der Waals surface area contributed by atoms with Crippen LogP contribution < -0.4 is 10.1 Å². The highest BCUT2D eigenvalue weighted by Gasteiger charge is 2.12. The molecule has 0 aliphatic rings. The number of hydrogen-bond acceptors (Lipinski definition) is 4. The van der Waals surface area contributed by atoms with E-state index in [-0.39, 0.29) is 12.1 Å². The molecule has 0 atom stereocenters. The summed E-state index contributed by atoms with van der Waals surface area (Å²) in [6.45, 7) is -0.598. The minimum atomic E-state index is -0.785. The summed E-state index contributed by atoms with van der Waals surface area (Å²) in [5, 5.41) is 2.14. The monoisotopic (exact) mass is 335 g/mol. The van der Waals surface area contributed by atoms with E-state index in [0.29, 0.717) is 11.3 Å². The van der Waals surface area contributed by atoms with Gasteiger partial charge in [-0.25, -0.2) is 8.78 Å². The van der Waals surface area contributed by atoms with Crippen LogP contribution in [0.2, 0.25) is 0 Å². The molecular weight excluding hydrogens is 320 g/mol. The minimum absolute atomic E-state index is 0.0429. The zero-order valence-electron chi connectivity index (χ0n) is 12.8. The first-order chi connectivity index (χ1) is 11.5. The molecule has 0 aromatic heterocycles. The largest absolute Gasteiger partial charge is 0.497 e. The van der Waals surface area contributed by atoms with E-state index in [4.69, 9.17) is 9.47 Å². The van der Waals surface area contributed by atoms with Gasteiger partial charge in [0.25, 0.3) is 5.91 Å².